The van der Waals surface area contributed by atoms with Crippen LogP contribution in [0.3, 0.4) is 0 Å². The Kier molecular flexibility index (Phi) is 4.20. The highest BCUT2D eigenvalue weighted by atomic mass is 79.9. The van der Waals surface area contributed by atoms with Crippen LogP contribution in [0.2, 0.25) is 0 Å². The summed E-state index contributed by atoms with van der Waals surface area (Å²) in [5, 5.41) is 0.658. The van der Waals surface area contributed by atoms with Crippen LogP contribution in [-0.4, -0.2) is 9.55 Å². The minimum Gasteiger partial charge on any atom is -0.293 e. The quantitative estimate of drug-likeness (QED) is 0.700. The van der Waals surface area contributed by atoms with Gasteiger partial charge in [-0.1, -0.05) is 46.3 Å². The second-order valence-corrected chi connectivity index (χ2v) is 5.84. The molecule has 0 saturated carbocycles. The summed E-state index contributed by atoms with van der Waals surface area (Å²) in [6, 6.07) is 15.4. The number of benzene rings is 2. The van der Waals surface area contributed by atoms with Gasteiger partial charge < -0.3 is 0 Å². The number of para-hydroxylation sites is 1. The van der Waals surface area contributed by atoms with Gasteiger partial charge in [-0.15, -0.1) is 0 Å². The Morgan fingerprint density at radius 3 is 2.55 bits per heavy atom. The molecule has 110 valence electrons. The predicted molar refractivity (Wildman–Crippen MR) is 94.7 cm³/mol. The van der Waals surface area contributed by atoms with E-state index in [0.29, 0.717) is 17.8 Å². The van der Waals surface area contributed by atoms with Crippen molar-refractivity contribution in [1.82, 2.24) is 9.55 Å². The summed E-state index contributed by atoms with van der Waals surface area (Å²) in [6.45, 7) is 2.55. The Hall–Kier alpha value is -2.20. The van der Waals surface area contributed by atoms with Gasteiger partial charge in [0.15, 0.2) is 0 Å². The molecule has 22 heavy (non-hydrogen) atoms. The normalized spacial score (nSPS) is 11.4. The van der Waals surface area contributed by atoms with Gasteiger partial charge in [0.2, 0.25) is 0 Å². The summed E-state index contributed by atoms with van der Waals surface area (Å²) < 4.78 is 2.73. The van der Waals surface area contributed by atoms with Crippen LogP contribution < -0.4 is 5.56 Å². The molecule has 1 heterocycles. The summed E-state index contributed by atoms with van der Waals surface area (Å²) in [5.41, 5.74) is 1.80. The standard InChI is InChI=1S/C18H15BrN2O/c1-2-21-17(12-9-13-7-10-14(19)11-8-13)20-16-6-4-3-5-15(16)18(21)22/h3-12H,2H2,1H3/b12-9+. The molecule has 0 bridgehead atoms. The molecule has 0 N–H and O–H groups in total. The number of rotatable bonds is 3. The zero-order valence-electron chi connectivity index (χ0n) is 12.2. The molecule has 0 unspecified atom stereocenters. The van der Waals surface area contributed by atoms with Gasteiger partial charge in [-0.3, -0.25) is 9.36 Å². The molecule has 0 saturated heterocycles. The molecule has 2 aromatic carbocycles. The number of nitrogens with zero attached hydrogens (tertiary/aromatic N) is 2. The van der Waals surface area contributed by atoms with Crippen LogP contribution >= 0.6 is 15.9 Å². The maximum absolute atomic E-state index is 12.5. The molecule has 0 aliphatic rings. The van der Waals surface area contributed by atoms with E-state index in [1.165, 1.54) is 0 Å². The Bertz CT molecular complexity index is 895. The SMILES string of the molecule is CCn1c(/C=C/c2ccc(Br)cc2)nc2ccccc2c1=O. The second-order valence-electron chi connectivity index (χ2n) is 4.92. The van der Waals surface area contributed by atoms with Gasteiger partial charge in [-0.05, 0) is 42.8 Å². The molecular weight excluding hydrogens is 340 g/mol. The summed E-state index contributed by atoms with van der Waals surface area (Å²) in [7, 11) is 0. The zero-order chi connectivity index (χ0) is 15.5. The molecule has 1 aromatic heterocycles. The van der Waals surface area contributed by atoms with Crippen molar-refractivity contribution < 1.29 is 0 Å². The van der Waals surface area contributed by atoms with Gasteiger partial charge in [-0.2, -0.15) is 0 Å². The van der Waals surface area contributed by atoms with Crippen molar-refractivity contribution in [3.05, 3.63) is 74.7 Å². The molecular formula is C18H15BrN2O. The number of hydrogen-bond donors (Lipinski definition) is 0. The Morgan fingerprint density at radius 2 is 1.82 bits per heavy atom. The lowest BCUT2D eigenvalue weighted by Crippen LogP contribution is -2.22. The van der Waals surface area contributed by atoms with Gasteiger partial charge >= 0.3 is 0 Å². The lowest BCUT2D eigenvalue weighted by Gasteiger charge is -2.08. The molecule has 0 aliphatic carbocycles. The second kappa shape index (κ2) is 6.28. The summed E-state index contributed by atoms with van der Waals surface area (Å²) in [4.78, 5) is 17.1. The van der Waals surface area contributed by atoms with Gasteiger partial charge in [-0.25, -0.2) is 4.98 Å². The van der Waals surface area contributed by atoms with Crippen molar-refractivity contribution in [2.45, 2.75) is 13.5 Å². The Labute approximate surface area is 137 Å². The molecule has 0 atom stereocenters. The third-order valence-corrected chi connectivity index (χ3v) is 4.03. The molecule has 0 radical (unpaired) electrons. The monoisotopic (exact) mass is 354 g/mol. The average molecular weight is 355 g/mol. The van der Waals surface area contributed by atoms with Crippen LogP contribution in [0, 0.1) is 0 Å². The van der Waals surface area contributed by atoms with Crippen LogP contribution in [0.1, 0.15) is 18.3 Å². The third-order valence-electron chi connectivity index (χ3n) is 3.50. The molecule has 4 heteroatoms. The first kappa shape index (κ1) is 14.7. The predicted octanol–water partition coefficient (Wildman–Crippen LogP) is 4.35. The van der Waals surface area contributed by atoms with Gasteiger partial charge in [0.05, 0.1) is 10.9 Å². The van der Waals surface area contributed by atoms with Crippen LogP contribution in [-0.2, 0) is 6.54 Å². The third kappa shape index (κ3) is 2.88. The van der Waals surface area contributed by atoms with Crippen molar-refractivity contribution in [1.29, 1.82) is 0 Å². The first-order valence-electron chi connectivity index (χ1n) is 7.12. The van der Waals surface area contributed by atoms with Gasteiger partial charge in [0.1, 0.15) is 5.82 Å². The molecule has 0 amide bonds. The summed E-state index contributed by atoms with van der Waals surface area (Å²) >= 11 is 3.42. The first-order chi connectivity index (χ1) is 10.7. The van der Waals surface area contributed by atoms with Crippen LogP contribution in [0.15, 0.2) is 57.8 Å². The highest BCUT2D eigenvalue weighted by Gasteiger charge is 2.06. The fourth-order valence-corrected chi connectivity index (χ4v) is 2.63. The summed E-state index contributed by atoms with van der Waals surface area (Å²) in [5.74, 6) is 0.675. The molecule has 3 nitrogen and oxygen atoms in total. The van der Waals surface area contributed by atoms with E-state index in [2.05, 4.69) is 20.9 Å². The average Bonchev–Trinajstić information content (AvgIpc) is 2.54. The highest BCUT2D eigenvalue weighted by molar-refractivity contribution is 9.10. The van der Waals surface area contributed by atoms with Crippen molar-refractivity contribution in [3.63, 3.8) is 0 Å². The maximum Gasteiger partial charge on any atom is 0.261 e. The zero-order valence-corrected chi connectivity index (χ0v) is 13.7. The lowest BCUT2D eigenvalue weighted by atomic mass is 10.2. The fourth-order valence-electron chi connectivity index (χ4n) is 2.36. The summed E-state index contributed by atoms with van der Waals surface area (Å²) in [6.07, 6.45) is 3.86. The van der Waals surface area contributed by atoms with Crippen LogP contribution in [0.5, 0.6) is 0 Å². The van der Waals surface area contributed by atoms with Crippen molar-refractivity contribution in [2.24, 2.45) is 0 Å². The Balaban J connectivity index is 2.09. The van der Waals surface area contributed by atoms with E-state index in [9.17, 15) is 4.79 Å². The molecule has 3 rings (SSSR count). The fraction of sp³-hybridized carbons (Fsp3) is 0.111. The number of hydrogen-bond acceptors (Lipinski definition) is 2. The van der Waals surface area contributed by atoms with E-state index < -0.39 is 0 Å². The molecule has 3 aromatic rings. The van der Waals surface area contributed by atoms with E-state index >= 15 is 0 Å². The number of aromatic nitrogens is 2. The van der Waals surface area contributed by atoms with E-state index in [1.54, 1.807) is 4.57 Å². The highest BCUT2D eigenvalue weighted by Crippen LogP contribution is 2.14. The maximum atomic E-state index is 12.5. The largest absolute Gasteiger partial charge is 0.293 e. The minimum atomic E-state index is 0.00329. The number of halogens is 1. The van der Waals surface area contributed by atoms with Crippen molar-refractivity contribution in [2.75, 3.05) is 0 Å². The molecule has 0 fully saturated rings. The van der Waals surface area contributed by atoms with Gasteiger partial charge in [0.25, 0.3) is 5.56 Å². The molecule has 0 spiro atoms. The lowest BCUT2D eigenvalue weighted by molar-refractivity contribution is 0.708. The minimum absolute atomic E-state index is 0.00329. The molecule has 0 aliphatic heterocycles. The van der Waals surface area contributed by atoms with Crippen LogP contribution in [0.25, 0.3) is 23.1 Å². The smallest absolute Gasteiger partial charge is 0.261 e. The van der Waals surface area contributed by atoms with E-state index in [1.807, 2.05) is 67.6 Å². The van der Waals surface area contributed by atoms with E-state index in [0.717, 1.165) is 15.6 Å². The van der Waals surface area contributed by atoms with E-state index in [4.69, 9.17) is 0 Å². The van der Waals surface area contributed by atoms with Crippen molar-refractivity contribution >= 4 is 39.0 Å². The topological polar surface area (TPSA) is 34.9 Å². The first-order valence-corrected chi connectivity index (χ1v) is 7.91. The van der Waals surface area contributed by atoms with Crippen molar-refractivity contribution in [3.8, 4) is 0 Å². The Morgan fingerprint density at radius 1 is 1.09 bits per heavy atom. The van der Waals surface area contributed by atoms with E-state index in [-0.39, 0.29) is 5.56 Å². The van der Waals surface area contributed by atoms with Gasteiger partial charge in [0, 0.05) is 11.0 Å². The number of fused-ring (bicyclic) bond motifs is 1. The van der Waals surface area contributed by atoms with Crippen LogP contribution in [0.4, 0.5) is 0 Å².